The van der Waals surface area contributed by atoms with Gasteiger partial charge in [0, 0.05) is 37.5 Å². The number of halogens is 1. The van der Waals surface area contributed by atoms with E-state index in [2.05, 4.69) is 10.2 Å². The molecule has 1 fully saturated rings. The highest BCUT2D eigenvalue weighted by Gasteiger charge is 2.35. The fraction of sp³-hybridized carbons (Fsp3) is 0.300. The summed E-state index contributed by atoms with van der Waals surface area (Å²) in [7, 11) is 1.80. The van der Waals surface area contributed by atoms with Gasteiger partial charge in [0.2, 0.25) is 0 Å². The molecule has 0 saturated carbocycles. The molecule has 28 heavy (non-hydrogen) atoms. The number of rotatable bonds is 3. The summed E-state index contributed by atoms with van der Waals surface area (Å²) in [5.41, 5.74) is 2.98. The number of aromatic nitrogens is 4. The minimum atomic E-state index is -0.361. The Morgan fingerprint density at radius 1 is 1.14 bits per heavy atom. The Morgan fingerprint density at radius 3 is 2.54 bits per heavy atom. The number of nitrogens with zero attached hydrogens (tertiary/aromatic N) is 5. The van der Waals surface area contributed by atoms with Crippen LogP contribution in [0.1, 0.15) is 27.8 Å². The van der Waals surface area contributed by atoms with Crippen LogP contribution in [0.25, 0.3) is 11.3 Å². The molecule has 1 amide bonds. The molecule has 2 aromatic heterocycles. The zero-order valence-corrected chi connectivity index (χ0v) is 15.9. The van der Waals surface area contributed by atoms with E-state index in [0.717, 1.165) is 5.69 Å². The molecule has 144 valence electrons. The first-order valence-electron chi connectivity index (χ1n) is 9.00. The Balaban J connectivity index is 1.55. The molecule has 0 aliphatic carbocycles. The van der Waals surface area contributed by atoms with Crippen molar-refractivity contribution in [3.63, 3.8) is 0 Å². The van der Waals surface area contributed by atoms with Crippen LogP contribution in [0.2, 0.25) is 0 Å². The predicted molar refractivity (Wildman–Crippen MR) is 102 cm³/mol. The number of amides is 1. The standard InChI is InChI=1S/C20H20FN5O2/c1-12-19(13(2)24(3)22-12)20(28)25-10-16(11-25)26-18(27)8-7-17(23-26)14-5-4-6-15(21)9-14/h4-9,16H,10-11H2,1-3H3. The van der Waals surface area contributed by atoms with Crippen LogP contribution in [-0.4, -0.2) is 43.5 Å². The Morgan fingerprint density at radius 2 is 1.89 bits per heavy atom. The lowest BCUT2D eigenvalue weighted by Gasteiger charge is -2.39. The third kappa shape index (κ3) is 3.00. The van der Waals surface area contributed by atoms with Gasteiger partial charge >= 0.3 is 0 Å². The first-order chi connectivity index (χ1) is 13.3. The summed E-state index contributed by atoms with van der Waals surface area (Å²) >= 11 is 0. The third-order valence-electron chi connectivity index (χ3n) is 5.16. The Labute approximate surface area is 161 Å². The molecule has 3 aromatic rings. The minimum absolute atomic E-state index is 0.0892. The van der Waals surface area contributed by atoms with Gasteiger partial charge in [-0.2, -0.15) is 10.2 Å². The molecular formula is C20H20FN5O2. The molecule has 4 rings (SSSR count). The van der Waals surface area contributed by atoms with Crippen LogP contribution >= 0.6 is 0 Å². The number of hydrogen-bond donors (Lipinski definition) is 0. The van der Waals surface area contributed by atoms with Gasteiger partial charge in [-0.05, 0) is 32.0 Å². The lowest BCUT2D eigenvalue weighted by molar-refractivity contribution is 0.0492. The first kappa shape index (κ1) is 18.1. The van der Waals surface area contributed by atoms with Crippen molar-refractivity contribution in [1.82, 2.24) is 24.5 Å². The number of likely N-dealkylation sites (tertiary alicyclic amines) is 1. The molecule has 3 heterocycles. The molecule has 0 radical (unpaired) electrons. The second kappa shape index (κ2) is 6.70. The van der Waals surface area contributed by atoms with E-state index >= 15 is 0 Å². The average Bonchev–Trinajstić information content (AvgIpc) is 2.87. The average molecular weight is 381 g/mol. The topological polar surface area (TPSA) is 73.0 Å². The van der Waals surface area contributed by atoms with Crippen LogP contribution < -0.4 is 5.56 Å². The van der Waals surface area contributed by atoms with Crippen LogP contribution in [0.15, 0.2) is 41.2 Å². The summed E-state index contributed by atoms with van der Waals surface area (Å²) < 4.78 is 16.6. The van der Waals surface area contributed by atoms with Gasteiger partial charge in [0.1, 0.15) is 5.82 Å². The molecule has 0 atom stereocenters. The van der Waals surface area contributed by atoms with Gasteiger partial charge < -0.3 is 4.90 Å². The van der Waals surface area contributed by atoms with Crippen molar-refractivity contribution in [1.29, 1.82) is 0 Å². The lowest BCUT2D eigenvalue weighted by Crippen LogP contribution is -2.53. The van der Waals surface area contributed by atoms with E-state index in [1.165, 1.54) is 22.9 Å². The molecule has 7 nitrogen and oxygen atoms in total. The quantitative estimate of drug-likeness (QED) is 0.697. The SMILES string of the molecule is Cc1nn(C)c(C)c1C(=O)N1CC(n2nc(-c3cccc(F)c3)ccc2=O)C1. The van der Waals surface area contributed by atoms with Crippen molar-refractivity contribution < 1.29 is 9.18 Å². The van der Waals surface area contributed by atoms with E-state index in [4.69, 9.17) is 0 Å². The highest BCUT2D eigenvalue weighted by molar-refractivity contribution is 5.96. The summed E-state index contributed by atoms with van der Waals surface area (Å²) in [5.74, 6) is -0.451. The number of carbonyl (C=O) groups is 1. The van der Waals surface area contributed by atoms with Crippen LogP contribution in [0.5, 0.6) is 0 Å². The second-order valence-corrected chi connectivity index (χ2v) is 7.05. The molecule has 0 N–H and O–H groups in total. The maximum absolute atomic E-state index is 13.5. The normalized spacial score (nSPS) is 14.2. The van der Waals surface area contributed by atoms with Gasteiger partial charge in [-0.1, -0.05) is 12.1 Å². The van der Waals surface area contributed by atoms with E-state index in [0.29, 0.717) is 35.6 Å². The van der Waals surface area contributed by atoms with Crippen molar-refractivity contribution in [3.05, 3.63) is 69.5 Å². The summed E-state index contributed by atoms with van der Waals surface area (Å²) in [4.78, 5) is 26.7. The lowest BCUT2D eigenvalue weighted by atomic mass is 10.1. The van der Waals surface area contributed by atoms with Crippen LogP contribution in [0.3, 0.4) is 0 Å². The van der Waals surface area contributed by atoms with E-state index in [9.17, 15) is 14.0 Å². The molecule has 0 bridgehead atoms. The zero-order chi connectivity index (χ0) is 20.0. The van der Waals surface area contributed by atoms with Crippen molar-refractivity contribution in [3.8, 4) is 11.3 Å². The maximum atomic E-state index is 13.5. The van der Waals surface area contributed by atoms with E-state index in [1.807, 2.05) is 13.8 Å². The van der Waals surface area contributed by atoms with Crippen LogP contribution in [0, 0.1) is 19.7 Å². The van der Waals surface area contributed by atoms with Gasteiger partial charge in [-0.3, -0.25) is 14.3 Å². The molecule has 1 aromatic carbocycles. The minimum Gasteiger partial charge on any atom is -0.334 e. The van der Waals surface area contributed by atoms with Crippen molar-refractivity contribution in [2.24, 2.45) is 7.05 Å². The molecule has 8 heteroatoms. The number of carbonyl (C=O) groups excluding carboxylic acids is 1. The molecule has 1 aliphatic heterocycles. The Kier molecular flexibility index (Phi) is 4.33. The van der Waals surface area contributed by atoms with Crippen molar-refractivity contribution in [2.75, 3.05) is 13.1 Å². The smallest absolute Gasteiger partial charge is 0.267 e. The largest absolute Gasteiger partial charge is 0.334 e. The molecular weight excluding hydrogens is 361 g/mol. The van der Waals surface area contributed by atoms with Gasteiger partial charge in [0.15, 0.2) is 0 Å². The second-order valence-electron chi connectivity index (χ2n) is 7.05. The summed E-state index contributed by atoms with van der Waals surface area (Å²) in [6, 6.07) is 8.88. The third-order valence-corrected chi connectivity index (χ3v) is 5.16. The van der Waals surface area contributed by atoms with E-state index in [-0.39, 0.29) is 23.3 Å². The highest BCUT2D eigenvalue weighted by Crippen LogP contribution is 2.25. The van der Waals surface area contributed by atoms with Crippen molar-refractivity contribution in [2.45, 2.75) is 19.9 Å². The summed E-state index contributed by atoms with van der Waals surface area (Å²) in [5, 5.41) is 8.68. The highest BCUT2D eigenvalue weighted by atomic mass is 19.1. The summed E-state index contributed by atoms with van der Waals surface area (Å²) in [6.45, 7) is 4.46. The Bertz CT molecular complexity index is 1130. The van der Waals surface area contributed by atoms with Gasteiger partial charge in [0.25, 0.3) is 11.5 Å². The fourth-order valence-electron chi connectivity index (χ4n) is 3.51. The fourth-order valence-corrected chi connectivity index (χ4v) is 3.51. The first-order valence-corrected chi connectivity index (χ1v) is 9.00. The number of aryl methyl sites for hydroxylation is 2. The Hall–Kier alpha value is -3.29. The van der Waals surface area contributed by atoms with Crippen molar-refractivity contribution >= 4 is 5.91 Å². The van der Waals surface area contributed by atoms with E-state index in [1.54, 1.807) is 34.8 Å². The molecule has 1 aliphatic rings. The van der Waals surface area contributed by atoms with Crippen LogP contribution in [-0.2, 0) is 7.05 Å². The van der Waals surface area contributed by atoms with Gasteiger partial charge in [0.05, 0.1) is 23.0 Å². The molecule has 0 unspecified atom stereocenters. The number of hydrogen-bond acceptors (Lipinski definition) is 4. The monoisotopic (exact) mass is 381 g/mol. The summed E-state index contributed by atoms with van der Waals surface area (Å²) in [6.07, 6.45) is 0. The zero-order valence-electron chi connectivity index (χ0n) is 15.9. The van der Waals surface area contributed by atoms with E-state index < -0.39 is 0 Å². The van der Waals surface area contributed by atoms with Gasteiger partial charge in [-0.25, -0.2) is 9.07 Å². The molecule has 0 spiro atoms. The number of benzene rings is 1. The predicted octanol–water partition coefficient (Wildman–Crippen LogP) is 2.10. The maximum Gasteiger partial charge on any atom is 0.267 e. The molecule has 1 saturated heterocycles. The van der Waals surface area contributed by atoms with Gasteiger partial charge in [-0.15, -0.1) is 0 Å². The van der Waals surface area contributed by atoms with Crippen LogP contribution in [0.4, 0.5) is 4.39 Å².